The second-order valence-electron chi connectivity index (χ2n) is 3.70. The van der Waals surface area contributed by atoms with Crippen molar-refractivity contribution in [3.05, 3.63) is 53.7 Å². The van der Waals surface area contributed by atoms with Crippen molar-refractivity contribution in [2.45, 2.75) is 5.92 Å². The Balaban J connectivity index is 2.47. The van der Waals surface area contributed by atoms with Gasteiger partial charge < -0.3 is 0 Å². The topological polar surface area (TPSA) is 40.9 Å². The van der Waals surface area contributed by atoms with E-state index in [4.69, 9.17) is 23.2 Å². The van der Waals surface area contributed by atoms with Crippen LogP contribution in [0.3, 0.4) is 0 Å². The third kappa shape index (κ3) is 3.11. The Kier molecular flexibility index (Phi) is 4.85. The molecule has 0 aliphatic heterocycles. The Morgan fingerprint density at radius 2 is 2.00 bits per heavy atom. The van der Waals surface area contributed by atoms with Crippen LogP contribution in [0, 0.1) is 14.2 Å². The monoisotopic (exact) mass is 421 g/mol. The molecule has 2 nitrogen and oxygen atoms in total. The fourth-order valence-electron chi connectivity index (χ4n) is 1.65. The average molecular weight is 422 g/mol. The maximum atomic E-state index is 12.4. The van der Waals surface area contributed by atoms with Crippen LogP contribution >= 0.6 is 57.1 Å². The first-order chi connectivity index (χ1) is 9.04. The summed E-state index contributed by atoms with van der Waals surface area (Å²) >= 11 is 15.7. The van der Waals surface area contributed by atoms with Crippen molar-refractivity contribution in [2.75, 3.05) is 0 Å². The first kappa shape index (κ1) is 14.8. The van der Waals surface area contributed by atoms with Crippen molar-refractivity contribution >= 4 is 62.9 Å². The highest BCUT2D eigenvalue weighted by atomic mass is 127. The molecule has 0 bridgehead atoms. The SMILES string of the molecule is N#CC(C(=O)c1csc(I)c1)c1c(Cl)cccc1Cl. The van der Waals surface area contributed by atoms with Crippen molar-refractivity contribution in [3.63, 3.8) is 0 Å². The largest absolute Gasteiger partial charge is 0.292 e. The van der Waals surface area contributed by atoms with Gasteiger partial charge in [-0.2, -0.15) is 5.26 Å². The molecule has 6 heteroatoms. The van der Waals surface area contributed by atoms with Crippen molar-refractivity contribution in [2.24, 2.45) is 0 Å². The summed E-state index contributed by atoms with van der Waals surface area (Å²) in [7, 11) is 0. The van der Waals surface area contributed by atoms with Crippen LogP contribution in [0.15, 0.2) is 29.6 Å². The molecule has 0 radical (unpaired) electrons. The zero-order chi connectivity index (χ0) is 14.0. The van der Waals surface area contributed by atoms with E-state index >= 15 is 0 Å². The van der Waals surface area contributed by atoms with Gasteiger partial charge in [-0.3, -0.25) is 4.79 Å². The number of carbonyl (C=O) groups is 1. The maximum absolute atomic E-state index is 12.4. The highest BCUT2D eigenvalue weighted by Gasteiger charge is 2.26. The van der Waals surface area contributed by atoms with Crippen LogP contribution in [0.2, 0.25) is 10.0 Å². The standard InChI is InChI=1S/C13H6Cl2INOS/c14-9-2-1-3-10(15)12(9)8(5-17)13(18)7-4-11(16)19-6-7/h1-4,6,8H. The molecule has 2 aromatic rings. The Morgan fingerprint density at radius 3 is 2.47 bits per heavy atom. The molecule has 19 heavy (non-hydrogen) atoms. The Labute approximate surface area is 138 Å². The number of Topliss-reactive ketones (excluding diaryl/α,β-unsaturated/α-hetero) is 1. The van der Waals surface area contributed by atoms with E-state index in [0.29, 0.717) is 21.2 Å². The van der Waals surface area contributed by atoms with Gasteiger partial charge in [-0.1, -0.05) is 29.3 Å². The molecule has 0 spiro atoms. The van der Waals surface area contributed by atoms with Gasteiger partial charge in [0.05, 0.1) is 8.95 Å². The Hall–Kier alpha value is -0.610. The molecule has 0 aliphatic rings. The molecule has 0 amide bonds. The first-order valence-electron chi connectivity index (χ1n) is 5.16. The van der Waals surface area contributed by atoms with Crippen molar-refractivity contribution in [1.82, 2.24) is 0 Å². The lowest BCUT2D eigenvalue weighted by Crippen LogP contribution is -2.11. The zero-order valence-corrected chi connectivity index (χ0v) is 13.8. The van der Waals surface area contributed by atoms with Gasteiger partial charge in [0.15, 0.2) is 5.78 Å². The van der Waals surface area contributed by atoms with Crippen molar-refractivity contribution in [1.29, 1.82) is 5.26 Å². The maximum Gasteiger partial charge on any atom is 0.185 e. The van der Waals surface area contributed by atoms with Crippen LogP contribution in [0.4, 0.5) is 0 Å². The summed E-state index contributed by atoms with van der Waals surface area (Å²) in [5, 5.41) is 11.7. The highest BCUT2D eigenvalue weighted by molar-refractivity contribution is 14.1. The van der Waals surface area contributed by atoms with E-state index in [1.54, 1.807) is 29.6 Å². The molecule has 1 unspecified atom stereocenters. The van der Waals surface area contributed by atoms with Crippen LogP contribution in [0.5, 0.6) is 0 Å². The van der Waals surface area contributed by atoms with Gasteiger partial charge in [0.2, 0.25) is 0 Å². The number of carbonyl (C=O) groups excluding carboxylic acids is 1. The zero-order valence-electron chi connectivity index (χ0n) is 9.36. The summed E-state index contributed by atoms with van der Waals surface area (Å²) in [6.07, 6.45) is 0. The van der Waals surface area contributed by atoms with Gasteiger partial charge in [0.25, 0.3) is 0 Å². The number of ketones is 1. The molecule has 1 aromatic heterocycles. The summed E-state index contributed by atoms with van der Waals surface area (Å²) in [6.45, 7) is 0. The molecule has 0 aliphatic carbocycles. The lowest BCUT2D eigenvalue weighted by Gasteiger charge is -2.11. The lowest BCUT2D eigenvalue weighted by atomic mass is 9.93. The quantitative estimate of drug-likeness (QED) is 0.507. The normalized spacial score (nSPS) is 11.9. The number of halogens is 3. The molecule has 0 saturated heterocycles. The predicted molar refractivity (Wildman–Crippen MR) is 86.2 cm³/mol. The molecule has 1 heterocycles. The highest BCUT2D eigenvalue weighted by Crippen LogP contribution is 2.34. The molecular weight excluding hydrogens is 416 g/mol. The van der Waals surface area contributed by atoms with E-state index in [1.807, 2.05) is 6.07 Å². The van der Waals surface area contributed by atoms with E-state index in [1.165, 1.54) is 11.3 Å². The average Bonchev–Trinajstić information content (AvgIpc) is 2.80. The number of hydrogen-bond acceptors (Lipinski definition) is 3. The Morgan fingerprint density at radius 1 is 1.37 bits per heavy atom. The van der Waals surface area contributed by atoms with Gasteiger partial charge in [-0.15, -0.1) is 11.3 Å². The third-order valence-electron chi connectivity index (χ3n) is 2.53. The molecule has 2 rings (SSSR count). The smallest absolute Gasteiger partial charge is 0.185 e. The van der Waals surface area contributed by atoms with E-state index < -0.39 is 5.92 Å². The van der Waals surface area contributed by atoms with Gasteiger partial charge in [0.1, 0.15) is 5.92 Å². The van der Waals surface area contributed by atoms with Crippen molar-refractivity contribution < 1.29 is 4.79 Å². The second kappa shape index (κ2) is 6.23. The van der Waals surface area contributed by atoms with Gasteiger partial charge >= 0.3 is 0 Å². The number of nitriles is 1. The lowest BCUT2D eigenvalue weighted by molar-refractivity contribution is 0.0979. The van der Waals surface area contributed by atoms with Gasteiger partial charge in [-0.25, -0.2) is 0 Å². The first-order valence-corrected chi connectivity index (χ1v) is 7.87. The van der Waals surface area contributed by atoms with Crippen LogP contribution in [0.25, 0.3) is 0 Å². The minimum Gasteiger partial charge on any atom is -0.292 e. The second-order valence-corrected chi connectivity index (χ2v) is 7.32. The summed E-state index contributed by atoms with van der Waals surface area (Å²) in [5.74, 6) is -1.26. The third-order valence-corrected chi connectivity index (χ3v) is 4.98. The van der Waals surface area contributed by atoms with E-state index in [2.05, 4.69) is 22.6 Å². The fourth-order valence-corrected chi connectivity index (χ4v) is 3.60. The number of thiophene rings is 1. The molecule has 1 aromatic carbocycles. The predicted octanol–water partition coefficient (Wildman–Crippen LogP) is 5.15. The van der Waals surface area contributed by atoms with Crippen LogP contribution in [0.1, 0.15) is 21.8 Å². The summed E-state index contributed by atoms with van der Waals surface area (Å²) in [4.78, 5) is 12.4. The molecule has 96 valence electrons. The number of rotatable bonds is 3. The van der Waals surface area contributed by atoms with E-state index in [9.17, 15) is 10.1 Å². The number of nitrogens with zero attached hydrogens (tertiary/aromatic N) is 1. The van der Waals surface area contributed by atoms with Gasteiger partial charge in [-0.05, 0) is 40.8 Å². The van der Waals surface area contributed by atoms with E-state index in [-0.39, 0.29) is 5.78 Å². The van der Waals surface area contributed by atoms with Crippen LogP contribution in [-0.2, 0) is 0 Å². The fraction of sp³-hybridized carbons (Fsp3) is 0.0769. The summed E-state index contributed by atoms with van der Waals surface area (Å²) < 4.78 is 0.989. The minimum atomic E-state index is -0.980. The molecule has 1 atom stereocenters. The number of benzene rings is 1. The molecular formula is C13H6Cl2INOS. The number of hydrogen-bond donors (Lipinski definition) is 0. The molecule has 0 saturated carbocycles. The van der Waals surface area contributed by atoms with Crippen molar-refractivity contribution in [3.8, 4) is 6.07 Å². The minimum absolute atomic E-state index is 0.281. The van der Waals surface area contributed by atoms with Crippen LogP contribution in [-0.4, -0.2) is 5.78 Å². The van der Waals surface area contributed by atoms with E-state index in [0.717, 1.165) is 2.88 Å². The summed E-state index contributed by atoms with van der Waals surface area (Å²) in [5.41, 5.74) is 0.886. The molecule has 0 fully saturated rings. The molecule has 0 N–H and O–H groups in total. The van der Waals surface area contributed by atoms with Crippen LogP contribution < -0.4 is 0 Å². The summed E-state index contributed by atoms with van der Waals surface area (Å²) in [6, 6.07) is 8.67. The Bertz CT molecular complexity index is 657. The van der Waals surface area contributed by atoms with Gasteiger partial charge in [0, 0.05) is 26.6 Å².